The minimum absolute atomic E-state index is 0.190. The van der Waals surface area contributed by atoms with E-state index in [1.54, 1.807) is 19.1 Å². The molecule has 0 aromatic carbocycles. The van der Waals surface area contributed by atoms with Crippen LogP contribution in [0.4, 0.5) is 0 Å². The fraction of sp³-hybridized carbons (Fsp3) is 0.444. The minimum atomic E-state index is -0.190. The number of allylic oxidation sites excluding steroid dienone is 2. The van der Waals surface area contributed by atoms with Crippen LogP contribution in [0, 0.1) is 0 Å². The maximum absolute atomic E-state index is 10.7. The molecule has 62 valence electrons. The van der Waals surface area contributed by atoms with E-state index in [1.807, 2.05) is 6.92 Å². The smallest absolute Gasteiger partial charge is 0.309 e. The first-order valence-electron chi connectivity index (χ1n) is 3.64. The Balaban J connectivity index is 3.53. The lowest BCUT2D eigenvalue weighted by Gasteiger charge is -1.95. The Bertz CT molecular complexity index is 168. The summed E-state index contributed by atoms with van der Waals surface area (Å²) in [6.07, 6.45) is 3.89. The molecular formula is C9H14O2. The fourth-order valence-corrected chi connectivity index (χ4v) is 0.576. The van der Waals surface area contributed by atoms with Crippen molar-refractivity contribution in [2.24, 2.45) is 0 Å². The molecule has 0 amide bonds. The van der Waals surface area contributed by atoms with Gasteiger partial charge in [0.15, 0.2) is 0 Å². The summed E-state index contributed by atoms with van der Waals surface area (Å²) >= 11 is 0. The van der Waals surface area contributed by atoms with E-state index < -0.39 is 0 Å². The van der Waals surface area contributed by atoms with Crippen LogP contribution in [-0.2, 0) is 9.53 Å². The van der Waals surface area contributed by atoms with Crippen molar-refractivity contribution in [3.8, 4) is 0 Å². The molecule has 0 radical (unpaired) electrons. The normalized spacial score (nSPS) is 10.0. The number of rotatable bonds is 4. The third-order valence-electron chi connectivity index (χ3n) is 0.992. The summed E-state index contributed by atoms with van der Waals surface area (Å²) in [5.41, 5.74) is 0.939. The molecule has 2 heteroatoms. The zero-order valence-corrected chi connectivity index (χ0v) is 7.09. The van der Waals surface area contributed by atoms with E-state index in [0.717, 1.165) is 5.57 Å². The predicted octanol–water partition coefficient (Wildman–Crippen LogP) is 2.07. The van der Waals surface area contributed by atoms with Gasteiger partial charge in [0.2, 0.25) is 0 Å². The molecule has 0 atom stereocenters. The first-order valence-corrected chi connectivity index (χ1v) is 3.64. The highest BCUT2D eigenvalue weighted by Gasteiger charge is 1.94. The van der Waals surface area contributed by atoms with Gasteiger partial charge in [0, 0.05) is 0 Å². The molecule has 0 N–H and O–H groups in total. The largest absolute Gasteiger partial charge is 0.466 e. The van der Waals surface area contributed by atoms with Crippen molar-refractivity contribution < 1.29 is 9.53 Å². The Kier molecular flexibility index (Phi) is 5.17. The van der Waals surface area contributed by atoms with Gasteiger partial charge in [-0.3, -0.25) is 4.79 Å². The molecular weight excluding hydrogens is 140 g/mol. The average Bonchev–Trinajstić information content (AvgIpc) is 1.87. The predicted molar refractivity (Wildman–Crippen MR) is 45.2 cm³/mol. The number of ether oxygens (including phenoxy) is 1. The van der Waals surface area contributed by atoms with Gasteiger partial charge < -0.3 is 4.74 Å². The van der Waals surface area contributed by atoms with E-state index >= 15 is 0 Å². The Morgan fingerprint density at radius 2 is 2.27 bits per heavy atom. The third kappa shape index (κ3) is 6.84. The van der Waals surface area contributed by atoms with Crippen LogP contribution in [0.25, 0.3) is 0 Å². The van der Waals surface area contributed by atoms with Crippen LogP contribution >= 0.6 is 0 Å². The van der Waals surface area contributed by atoms with Crippen molar-refractivity contribution in [2.75, 3.05) is 6.61 Å². The van der Waals surface area contributed by atoms with E-state index in [0.29, 0.717) is 13.0 Å². The minimum Gasteiger partial charge on any atom is -0.466 e. The lowest BCUT2D eigenvalue weighted by Crippen LogP contribution is -2.01. The lowest BCUT2D eigenvalue weighted by molar-refractivity contribution is -0.142. The van der Waals surface area contributed by atoms with E-state index in [4.69, 9.17) is 4.74 Å². The van der Waals surface area contributed by atoms with Crippen molar-refractivity contribution in [3.63, 3.8) is 0 Å². The summed E-state index contributed by atoms with van der Waals surface area (Å²) < 4.78 is 4.70. The Hall–Kier alpha value is -1.05. The summed E-state index contributed by atoms with van der Waals surface area (Å²) in [6.45, 7) is 7.77. The summed E-state index contributed by atoms with van der Waals surface area (Å²) in [5.74, 6) is -0.190. The molecule has 0 heterocycles. The van der Waals surface area contributed by atoms with Crippen molar-refractivity contribution >= 4 is 5.97 Å². The molecule has 0 bridgehead atoms. The van der Waals surface area contributed by atoms with Crippen LogP contribution < -0.4 is 0 Å². The highest BCUT2D eigenvalue weighted by molar-refractivity contribution is 5.71. The molecule has 0 aromatic heterocycles. The molecule has 0 saturated carbocycles. The van der Waals surface area contributed by atoms with Gasteiger partial charge in [0.05, 0.1) is 13.0 Å². The van der Waals surface area contributed by atoms with E-state index in [1.165, 1.54) is 0 Å². The van der Waals surface area contributed by atoms with Gasteiger partial charge in [-0.05, 0) is 13.8 Å². The zero-order chi connectivity index (χ0) is 8.69. The molecule has 0 unspecified atom stereocenters. The summed E-state index contributed by atoms with van der Waals surface area (Å²) in [6, 6.07) is 0. The standard InChI is InChI=1S/C9H14O2/c1-4-11-9(10)7-5-6-8(2)3/h5-6H,2,4,7H2,1,3H3/b6-5+. The molecule has 0 aliphatic rings. The van der Waals surface area contributed by atoms with Crippen LogP contribution in [0.5, 0.6) is 0 Å². The van der Waals surface area contributed by atoms with Gasteiger partial charge in [-0.2, -0.15) is 0 Å². The third-order valence-corrected chi connectivity index (χ3v) is 0.992. The van der Waals surface area contributed by atoms with Crippen LogP contribution in [-0.4, -0.2) is 12.6 Å². The van der Waals surface area contributed by atoms with Crippen molar-refractivity contribution in [1.29, 1.82) is 0 Å². The fourth-order valence-electron chi connectivity index (χ4n) is 0.576. The molecule has 0 aliphatic heterocycles. The summed E-state index contributed by atoms with van der Waals surface area (Å²) in [5, 5.41) is 0. The highest BCUT2D eigenvalue weighted by atomic mass is 16.5. The van der Waals surface area contributed by atoms with Crippen LogP contribution in [0.1, 0.15) is 20.3 Å². The quantitative estimate of drug-likeness (QED) is 0.457. The summed E-state index contributed by atoms with van der Waals surface area (Å²) in [4.78, 5) is 10.7. The molecule has 0 aromatic rings. The molecule has 0 aliphatic carbocycles. The van der Waals surface area contributed by atoms with Crippen LogP contribution in [0.2, 0.25) is 0 Å². The number of hydrogen-bond donors (Lipinski definition) is 0. The van der Waals surface area contributed by atoms with Gasteiger partial charge in [0.25, 0.3) is 0 Å². The van der Waals surface area contributed by atoms with Gasteiger partial charge in [-0.1, -0.05) is 24.3 Å². The van der Waals surface area contributed by atoms with Crippen LogP contribution in [0.15, 0.2) is 24.3 Å². The number of carbonyl (C=O) groups excluding carboxylic acids is 1. The maximum Gasteiger partial charge on any atom is 0.309 e. The van der Waals surface area contributed by atoms with Crippen molar-refractivity contribution in [2.45, 2.75) is 20.3 Å². The SMILES string of the molecule is C=C(C)/C=C/CC(=O)OCC. The van der Waals surface area contributed by atoms with Gasteiger partial charge in [0.1, 0.15) is 0 Å². The van der Waals surface area contributed by atoms with E-state index in [9.17, 15) is 4.79 Å². The van der Waals surface area contributed by atoms with E-state index in [2.05, 4.69) is 6.58 Å². The molecule has 0 rings (SSSR count). The van der Waals surface area contributed by atoms with Gasteiger partial charge >= 0.3 is 5.97 Å². The number of hydrogen-bond acceptors (Lipinski definition) is 2. The monoisotopic (exact) mass is 154 g/mol. The maximum atomic E-state index is 10.7. The number of esters is 1. The molecule has 0 fully saturated rings. The second kappa shape index (κ2) is 5.71. The molecule has 2 nitrogen and oxygen atoms in total. The van der Waals surface area contributed by atoms with E-state index in [-0.39, 0.29) is 5.97 Å². The second-order valence-corrected chi connectivity index (χ2v) is 2.26. The zero-order valence-electron chi connectivity index (χ0n) is 7.09. The molecule has 0 saturated heterocycles. The summed E-state index contributed by atoms with van der Waals surface area (Å²) in [7, 11) is 0. The first kappa shape index (κ1) is 9.95. The Labute approximate surface area is 67.6 Å². The van der Waals surface area contributed by atoms with Crippen LogP contribution in [0.3, 0.4) is 0 Å². The van der Waals surface area contributed by atoms with Gasteiger partial charge in [-0.15, -0.1) is 0 Å². The second-order valence-electron chi connectivity index (χ2n) is 2.26. The topological polar surface area (TPSA) is 26.3 Å². The average molecular weight is 154 g/mol. The lowest BCUT2D eigenvalue weighted by atomic mass is 10.3. The first-order chi connectivity index (χ1) is 5.16. The highest BCUT2D eigenvalue weighted by Crippen LogP contribution is 1.93. The Morgan fingerprint density at radius 1 is 1.64 bits per heavy atom. The Morgan fingerprint density at radius 3 is 2.73 bits per heavy atom. The molecule has 0 spiro atoms. The van der Waals surface area contributed by atoms with Crippen molar-refractivity contribution in [1.82, 2.24) is 0 Å². The number of carbonyl (C=O) groups is 1. The van der Waals surface area contributed by atoms with Crippen molar-refractivity contribution in [3.05, 3.63) is 24.3 Å². The van der Waals surface area contributed by atoms with Gasteiger partial charge in [-0.25, -0.2) is 0 Å². The molecule has 11 heavy (non-hydrogen) atoms.